The maximum absolute atomic E-state index is 12.5. The number of aryl methyl sites for hydroxylation is 1. The number of nitrogens with zero attached hydrogens (tertiary/aromatic N) is 2. The van der Waals surface area contributed by atoms with E-state index in [1.165, 1.54) is 53.4 Å². The number of rotatable bonds is 8. The Hall–Kier alpha value is -2.54. The standard InChI is InChI=1S/C19H23N3O7S2/c1-20-30(25,26)16-11-17(21(2)12-16)19(24)29-13-18(23)14-5-7-15(8-6-14)31(27,28)22-9-3-4-10-22/h5-8,11-12,20H,3-4,9-10,13H2,1-2H3. The second-order valence-corrected chi connectivity index (χ2v) is 10.8. The zero-order valence-corrected chi connectivity index (χ0v) is 18.7. The fraction of sp³-hybridized carbons (Fsp3) is 0.368. The summed E-state index contributed by atoms with van der Waals surface area (Å²) in [5.41, 5.74) is 0.159. The first-order valence-electron chi connectivity index (χ1n) is 9.47. The van der Waals surface area contributed by atoms with Crippen molar-refractivity contribution in [2.24, 2.45) is 7.05 Å². The van der Waals surface area contributed by atoms with E-state index in [1.807, 2.05) is 0 Å². The third-order valence-electron chi connectivity index (χ3n) is 4.98. The number of sulfonamides is 2. The Morgan fingerprint density at radius 3 is 2.23 bits per heavy atom. The minimum absolute atomic E-state index is 0.0336. The van der Waals surface area contributed by atoms with Crippen molar-refractivity contribution in [3.63, 3.8) is 0 Å². The maximum atomic E-state index is 12.5. The van der Waals surface area contributed by atoms with E-state index >= 15 is 0 Å². The minimum atomic E-state index is -3.73. The van der Waals surface area contributed by atoms with Gasteiger partial charge in [0.05, 0.1) is 4.90 Å². The molecule has 2 heterocycles. The number of ether oxygens (including phenoxy) is 1. The van der Waals surface area contributed by atoms with Crippen LogP contribution in [0, 0.1) is 0 Å². The molecule has 12 heteroatoms. The number of carbonyl (C=O) groups excluding carboxylic acids is 2. The number of nitrogens with one attached hydrogen (secondary N) is 1. The van der Waals surface area contributed by atoms with Crippen LogP contribution in [0.5, 0.6) is 0 Å². The molecule has 1 aromatic carbocycles. The van der Waals surface area contributed by atoms with Gasteiger partial charge in [0.1, 0.15) is 10.6 Å². The van der Waals surface area contributed by atoms with Gasteiger partial charge in [-0.3, -0.25) is 4.79 Å². The molecule has 1 saturated heterocycles. The van der Waals surface area contributed by atoms with E-state index in [0.29, 0.717) is 13.1 Å². The quantitative estimate of drug-likeness (QED) is 0.446. The summed E-state index contributed by atoms with van der Waals surface area (Å²) in [5.74, 6) is -1.38. The zero-order valence-electron chi connectivity index (χ0n) is 17.1. The largest absolute Gasteiger partial charge is 0.453 e. The number of Topliss-reactive ketones (excluding diaryl/α,β-unsaturated/α-hetero) is 1. The Bertz CT molecular complexity index is 1190. The lowest BCUT2D eigenvalue weighted by Gasteiger charge is -2.15. The average molecular weight is 470 g/mol. The summed E-state index contributed by atoms with van der Waals surface area (Å²) in [6, 6.07) is 6.61. The van der Waals surface area contributed by atoms with Crippen LogP contribution in [-0.4, -0.2) is 64.2 Å². The van der Waals surface area contributed by atoms with Gasteiger partial charge in [-0.15, -0.1) is 0 Å². The highest BCUT2D eigenvalue weighted by Crippen LogP contribution is 2.21. The highest BCUT2D eigenvalue weighted by molar-refractivity contribution is 7.89. The number of ketones is 1. The monoisotopic (exact) mass is 469 g/mol. The van der Waals surface area contributed by atoms with Gasteiger partial charge in [0.25, 0.3) is 0 Å². The smallest absolute Gasteiger partial charge is 0.355 e. The maximum Gasteiger partial charge on any atom is 0.355 e. The van der Waals surface area contributed by atoms with Crippen molar-refractivity contribution in [2.45, 2.75) is 22.6 Å². The van der Waals surface area contributed by atoms with Crippen LogP contribution in [0.2, 0.25) is 0 Å². The topological polar surface area (TPSA) is 132 Å². The Balaban J connectivity index is 1.65. The zero-order chi connectivity index (χ0) is 22.8. The number of carbonyl (C=O) groups is 2. The van der Waals surface area contributed by atoms with E-state index in [9.17, 15) is 26.4 Å². The third kappa shape index (κ3) is 4.87. The van der Waals surface area contributed by atoms with Crippen LogP contribution < -0.4 is 4.72 Å². The lowest BCUT2D eigenvalue weighted by molar-refractivity contribution is 0.0465. The number of hydrogen-bond donors (Lipinski definition) is 1. The summed E-state index contributed by atoms with van der Waals surface area (Å²) in [6.07, 6.45) is 2.90. The first-order valence-corrected chi connectivity index (χ1v) is 12.4. The summed E-state index contributed by atoms with van der Waals surface area (Å²) in [7, 11) is -4.58. The minimum Gasteiger partial charge on any atom is -0.453 e. The van der Waals surface area contributed by atoms with E-state index in [1.54, 1.807) is 0 Å². The molecule has 1 aliphatic heterocycles. The molecule has 1 aliphatic rings. The molecular weight excluding hydrogens is 446 g/mol. The van der Waals surface area contributed by atoms with Crippen LogP contribution in [0.15, 0.2) is 46.3 Å². The number of aromatic nitrogens is 1. The van der Waals surface area contributed by atoms with E-state index in [2.05, 4.69) is 4.72 Å². The second-order valence-electron chi connectivity index (χ2n) is 7.01. The number of esters is 1. The van der Waals surface area contributed by atoms with Crippen LogP contribution in [0.3, 0.4) is 0 Å². The molecule has 0 amide bonds. The Kier molecular flexibility index (Phi) is 6.65. The molecule has 0 unspecified atom stereocenters. The SMILES string of the molecule is CNS(=O)(=O)c1cc(C(=O)OCC(=O)c2ccc(S(=O)(=O)N3CCCC3)cc2)n(C)c1. The van der Waals surface area contributed by atoms with Gasteiger partial charge in [-0.2, -0.15) is 4.31 Å². The number of hydrogen-bond acceptors (Lipinski definition) is 7. The van der Waals surface area contributed by atoms with E-state index in [4.69, 9.17) is 4.74 Å². The van der Waals surface area contributed by atoms with Gasteiger partial charge in [0, 0.05) is 31.9 Å². The van der Waals surface area contributed by atoms with Gasteiger partial charge < -0.3 is 9.30 Å². The molecule has 3 rings (SSSR count). The second kappa shape index (κ2) is 8.91. The Morgan fingerprint density at radius 2 is 1.65 bits per heavy atom. The molecule has 1 aromatic heterocycles. The van der Waals surface area contributed by atoms with Crippen LogP contribution in [0.25, 0.3) is 0 Å². The van der Waals surface area contributed by atoms with E-state index < -0.39 is 38.4 Å². The fourth-order valence-corrected chi connectivity index (χ4v) is 5.50. The molecule has 0 radical (unpaired) electrons. The molecule has 0 bridgehead atoms. The fourth-order valence-electron chi connectivity index (χ4n) is 3.18. The van der Waals surface area contributed by atoms with Gasteiger partial charge in [-0.1, -0.05) is 0 Å². The lowest BCUT2D eigenvalue weighted by atomic mass is 10.1. The van der Waals surface area contributed by atoms with E-state index in [0.717, 1.165) is 18.9 Å². The van der Waals surface area contributed by atoms with Crippen molar-refractivity contribution in [1.29, 1.82) is 0 Å². The van der Waals surface area contributed by atoms with Gasteiger partial charge in [0.15, 0.2) is 12.4 Å². The van der Waals surface area contributed by atoms with Crippen molar-refractivity contribution in [2.75, 3.05) is 26.7 Å². The Labute approximate surface area is 180 Å². The van der Waals surface area contributed by atoms with Crippen molar-refractivity contribution >= 4 is 31.8 Å². The average Bonchev–Trinajstić information content (AvgIpc) is 3.42. The summed E-state index contributed by atoms with van der Waals surface area (Å²) in [5, 5.41) is 0. The van der Waals surface area contributed by atoms with Crippen molar-refractivity contribution in [1.82, 2.24) is 13.6 Å². The molecule has 0 spiro atoms. The third-order valence-corrected chi connectivity index (χ3v) is 8.28. The van der Waals surface area contributed by atoms with Gasteiger partial charge in [-0.05, 0) is 50.2 Å². The lowest BCUT2D eigenvalue weighted by Crippen LogP contribution is -2.27. The molecule has 0 saturated carbocycles. The first kappa shape index (κ1) is 23.1. The van der Waals surface area contributed by atoms with Gasteiger partial charge in [0.2, 0.25) is 20.0 Å². The molecule has 2 aromatic rings. The molecule has 168 valence electrons. The molecule has 0 atom stereocenters. The van der Waals surface area contributed by atoms with Crippen LogP contribution >= 0.6 is 0 Å². The predicted octanol–water partition coefficient (Wildman–Crippen LogP) is 0.757. The summed E-state index contributed by atoms with van der Waals surface area (Å²) in [4.78, 5) is 24.6. The first-order chi connectivity index (χ1) is 14.6. The van der Waals surface area contributed by atoms with Crippen molar-refractivity contribution in [3.05, 3.63) is 47.8 Å². The van der Waals surface area contributed by atoms with Crippen molar-refractivity contribution < 1.29 is 31.2 Å². The molecule has 31 heavy (non-hydrogen) atoms. The normalized spacial score (nSPS) is 15.2. The Morgan fingerprint density at radius 1 is 1.03 bits per heavy atom. The summed E-state index contributed by atoms with van der Waals surface area (Å²) in [6.45, 7) is 0.390. The summed E-state index contributed by atoms with van der Waals surface area (Å²) >= 11 is 0. The predicted molar refractivity (Wildman–Crippen MR) is 111 cm³/mol. The van der Waals surface area contributed by atoms with Crippen LogP contribution in [0.1, 0.15) is 33.7 Å². The van der Waals surface area contributed by atoms with Crippen LogP contribution in [-0.2, 0) is 31.8 Å². The van der Waals surface area contributed by atoms with Gasteiger partial charge >= 0.3 is 5.97 Å². The van der Waals surface area contributed by atoms with Crippen LogP contribution in [0.4, 0.5) is 0 Å². The molecular formula is C19H23N3O7S2. The molecule has 1 N–H and O–H groups in total. The summed E-state index contributed by atoms with van der Waals surface area (Å²) < 4.78 is 58.6. The molecule has 1 fully saturated rings. The van der Waals surface area contributed by atoms with Gasteiger partial charge in [-0.25, -0.2) is 26.4 Å². The highest BCUT2D eigenvalue weighted by atomic mass is 32.2. The molecule has 0 aliphatic carbocycles. The highest BCUT2D eigenvalue weighted by Gasteiger charge is 2.27. The molecule has 10 nitrogen and oxygen atoms in total. The van der Waals surface area contributed by atoms with E-state index in [-0.39, 0.29) is 21.0 Å². The van der Waals surface area contributed by atoms with Crippen molar-refractivity contribution in [3.8, 4) is 0 Å². The number of benzene rings is 1.